The van der Waals surface area contributed by atoms with Crippen LogP contribution in [0.15, 0.2) is 18.2 Å². The summed E-state index contributed by atoms with van der Waals surface area (Å²) < 4.78 is 18.3. The fraction of sp³-hybridized carbons (Fsp3) is 0.500. The van der Waals surface area contributed by atoms with Crippen molar-refractivity contribution in [1.82, 2.24) is 10.2 Å². The number of piperazine rings is 1. The molecule has 0 saturated carbocycles. The number of rotatable bonds is 5. The number of hydrogen-bond donors (Lipinski definition) is 1. The number of carbonyl (C=O) groups is 1. The van der Waals surface area contributed by atoms with Crippen molar-refractivity contribution in [2.24, 2.45) is 0 Å². The Morgan fingerprint density at radius 1 is 1.42 bits per heavy atom. The summed E-state index contributed by atoms with van der Waals surface area (Å²) >= 11 is 0. The van der Waals surface area contributed by atoms with Crippen LogP contribution < -0.4 is 10.1 Å². The van der Waals surface area contributed by atoms with Crippen LogP contribution in [0.1, 0.15) is 16.8 Å². The van der Waals surface area contributed by atoms with E-state index in [1.54, 1.807) is 0 Å². The van der Waals surface area contributed by atoms with E-state index in [9.17, 15) is 9.18 Å². The van der Waals surface area contributed by atoms with Gasteiger partial charge in [-0.25, -0.2) is 4.39 Å². The molecule has 1 aromatic carbocycles. The number of hydrogen-bond acceptors (Lipinski definition) is 4. The molecular weight excluding hydrogens is 247 g/mol. The number of nitrogens with one attached hydrogen (secondary N) is 1. The van der Waals surface area contributed by atoms with Crippen molar-refractivity contribution in [3.8, 4) is 5.75 Å². The summed E-state index contributed by atoms with van der Waals surface area (Å²) in [5.74, 6) is -0.0482. The van der Waals surface area contributed by atoms with Gasteiger partial charge in [-0.1, -0.05) is 0 Å². The molecule has 1 N–H and O–H groups in total. The van der Waals surface area contributed by atoms with Gasteiger partial charge in [0.1, 0.15) is 11.6 Å². The number of ether oxygens (including phenoxy) is 1. The third-order valence-corrected chi connectivity index (χ3v) is 3.33. The quantitative estimate of drug-likeness (QED) is 0.816. The Balaban J connectivity index is 1.97. The van der Waals surface area contributed by atoms with Gasteiger partial charge >= 0.3 is 0 Å². The van der Waals surface area contributed by atoms with E-state index in [4.69, 9.17) is 4.74 Å². The van der Waals surface area contributed by atoms with E-state index in [1.807, 2.05) is 0 Å². The molecule has 104 valence electrons. The van der Waals surface area contributed by atoms with E-state index < -0.39 is 5.82 Å². The van der Waals surface area contributed by atoms with Crippen molar-refractivity contribution in [3.63, 3.8) is 0 Å². The standard InChI is InChI=1S/C14H19FN2O2/c1-19-14-3-2-11(15)10-12(14)13(18)4-7-17-8-5-16-6-9-17/h2-3,10,16H,4-9H2,1H3. The number of Topliss-reactive ketones (excluding diaryl/α,β-unsaturated/α-hetero) is 1. The largest absolute Gasteiger partial charge is 0.496 e. The van der Waals surface area contributed by atoms with Gasteiger partial charge in [0.25, 0.3) is 0 Å². The molecule has 0 spiro atoms. The average Bonchev–Trinajstić information content (AvgIpc) is 2.46. The molecule has 0 atom stereocenters. The monoisotopic (exact) mass is 266 g/mol. The van der Waals surface area contributed by atoms with E-state index in [-0.39, 0.29) is 5.78 Å². The first-order chi connectivity index (χ1) is 9.20. The zero-order valence-electron chi connectivity index (χ0n) is 11.1. The number of benzene rings is 1. The topological polar surface area (TPSA) is 41.6 Å². The summed E-state index contributed by atoms with van der Waals surface area (Å²) in [5.41, 5.74) is 0.331. The van der Waals surface area contributed by atoms with Crippen LogP contribution in [0, 0.1) is 5.82 Å². The molecule has 19 heavy (non-hydrogen) atoms. The lowest BCUT2D eigenvalue weighted by Gasteiger charge is -2.26. The van der Waals surface area contributed by atoms with Crippen molar-refractivity contribution in [1.29, 1.82) is 0 Å². The molecule has 1 aromatic rings. The second kappa shape index (κ2) is 6.63. The van der Waals surface area contributed by atoms with Crippen molar-refractivity contribution in [3.05, 3.63) is 29.6 Å². The highest BCUT2D eigenvalue weighted by molar-refractivity contribution is 5.98. The third-order valence-electron chi connectivity index (χ3n) is 3.33. The Kier molecular flexibility index (Phi) is 4.87. The number of ketones is 1. The summed E-state index contributed by atoms with van der Waals surface area (Å²) in [4.78, 5) is 14.4. The molecule has 1 fully saturated rings. The van der Waals surface area contributed by atoms with Gasteiger partial charge in [-0.2, -0.15) is 0 Å². The molecule has 1 saturated heterocycles. The highest BCUT2D eigenvalue weighted by Gasteiger charge is 2.16. The van der Waals surface area contributed by atoms with E-state index in [0.29, 0.717) is 24.3 Å². The fourth-order valence-electron chi connectivity index (χ4n) is 2.23. The third kappa shape index (κ3) is 3.75. The Morgan fingerprint density at radius 3 is 2.84 bits per heavy atom. The van der Waals surface area contributed by atoms with E-state index in [1.165, 1.54) is 25.3 Å². The molecule has 0 aliphatic carbocycles. The molecule has 4 nitrogen and oxygen atoms in total. The number of methoxy groups -OCH3 is 1. The molecule has 2 rings (SSSR count). The predicted octanol–water partition coefficient (Wildman–Crippen LogP) is 1.31. The first-order valence-electron chi connectivity index (χ1n) is 6.50. The Morgan fingerprint density at radius 2 is 2.16 bits per heavy atom. The van der Waals surface area contributed by atoms with Crippen LogP contribution in [-0.2, 0) is 0 Å². The average molecular weight is 266 g/mol. The maximum Gasteiger partial charge on any atom is 0.167 e. The summed E-state index contributed by atoms with van der Waals surface area (Å²) in [6, 6.07) is 4.04. The van der Waals surface area contributed by atoms with Crippen LogP contribution in [0.4, 0.5) is 4.39 Å². The minimum Gasteiger partial charge on any atom is -0.496 e. The maximum absolute atomic E-state index is 13.2. The van der Waals surface area contributed by atoms with Gasteiger partial charge in [0.05, 0.1) is 12.7 Å². The molecule has 0 aromatic heterocycles. The van der Waals surface area contributed by atoms with Gasteiger partial charge in [-0.05, 0) is 18.2 Å². The van der Waals surface area contributed by atoms with Gasteiger partial charge in [0, 0.05) is 39.1 Å². The van der Waals surface area contributed by atoms with Crippen molar-refractivity contribution in [2.75, 3.05) is 39.8 Å². The van der Waals surface area contributed by atoms with E-state index in [2.05, 4.69) is 10.2 Å². The smallest absolute Gasteiger partial charge is 0.167 e. The second-order valence-electron chi connectivity index (χ2n) is 4.61. The molecule has 0 bridgehead atoms. The van der Waals surface area contributed by atoms with Crippen LogP contribution in [0.2, 0.25) is 0 Å². The van der Waals surface area contributed by atoms with E-state index in [0.717, 1.165) is 26.2 Å². The lowest BCUT2D eigenvalue weighted by Crippen LogP contribution is -2.44. The van der Waals surface area contributed by atoms with Gasteiger partial charge in [0.2, 0.25) is 0 Å². The summed E-state index contributed by atoms with van der Waals surface area (Å²) in [7, 11) is 1.49. The normalized spacial score (nSPS) is 16.3. The molecular formula is C14H19FN2O2. The highest BCUT2D eigenvalue weighted by Crippen LogP contribution is 2.21. The lowest BCUT2D eigenvalue weighted by atomic mass is 10.1. The van der Waals surface area contributed by atoms with E-state index >= 15 is 0 Å². The predicted molar refractivity (Wildman–Crippen MR) is 71.2 cm³/mol. The van der Waals surface area contributed by atoms with Crippen LogP contribution in [0.3, 0.4) is 0 Å². The zero-order chi connectivity index (χ0) is 13.7. The molecule has 0 radical (unpaired) electrons. The van der Waals surface area contributed by atoms with Crippen molar-refractivity contribution < 1.29 is 13.9 Å². The Hall–Kier alpha value is -1.46. The number of nitrogens with zero attached hydrogens (tertiary/aromatic N) is 1. The summed E-state index contributed by atoms with van der Waals surface area (Å²) in [5, 5.41) is 3.26. The zero-order valence-corrected chi connectivity index (χ0v) is 11.1. The molecule has 0 amide bonds. The highest BCUT2D eigenvalue weighted by atomic mass is 19.1. The van der Waals surface area contributed by atoms with Gasteiger partial charge < -0.3 is 15.0 Å². The molecule has 0 unspecified atom stereocenters. The lowest BCUT2D eigenvalue weighted by molar-refractivity contribution is 0.0957. The molecule has 5 heteroatoms. The maximum atomic E-state index is 13.2. The first kappa shape index (κ1) is 14.0. The number of halogens is 1. The van der Waals surface area contributed by atoms with Crippen molar-refractivity contribution >= 4 is 5.78 Å². The Bertz CT molecular complexity index is 445. The van der Waals surface area contributed by atoms with Crippen LogP contribution in [0.5, 0.6) is 5.75 Å². The first-order valence-corrected chi connectivity index (χ1v) is 6.50. The molecule has 1 aliphatic heterocycles. The minimum absolute atomic E-state index is 0.0742. The van der Waals surface area contributed by atoms with Crippen LogP contribution in [0.25, 0.3) is 0 Å². The Labute approximate surface area is 112 Å². The van der Waals surface area contributed by atoms with Gasteiger partial charge in [-0.15, -0.1) is 0 Å². The van der Waals surface area contributed by atoms with Crippen LogP contribution >= 0.6 is 0 Å². The SMILES string of the molecule is COc1ccc(F)cc1C(=O)CCN1CCNCC1. The minimum atomic E-state index is -0.411. The van der Waals surface area contributed by atoms with Crippen molar-refractivity contribution in [2.45, 2.75) is 6.42 Å². The molecule has 1 aliphatic rings. The van der Waals surface area contributed by atoms with Crippen LogP contribution in [-0.4, -0.2) is 50.5 Å². The fourth-order valence-corrected chi connectivity index (χ4v) is 2.23. The number of carbonyl (C=O) groups excluding carboxylic acids is 1. The van der Waals surface area contributed by atoms with Gasteiger partial charge in [-0.3, -0.25) is 4.79 Å². The molecule has 1 heterocycles. The summed E-state index contributed by atoms with van der Waals surface area (Å²) in [6.45, 7) is 4.52. The van der Waals surface area contributed by atoms with Gasteiger partial charge in [0.15, 0.2) is 5.78 Å². The second-order valence-corrected chi connectivity index (χ2v) is 4.61. The summed E-state index contributed by atoms with van der Waals surface area (Å²) in [6.07, 6.45) is 0.389.